The van der Waals surface area contributed by atoms with Crippen molar-refractivity contribution in [3.63, 3.8) is 0 Å². The molecule has 2 rings (SSSR count). The van der Waals surface area contributed by atoms with Gasteiger partial charge in [0.25, 0.3) is 0 Å². The van der Waals surface area contributed by atoms with Gasteiger partial charge in [0.1, 0.15) is 11.6 Å². The smallest absolute Gasteiger partial charge is 0.337 e. The Morgan fingerprint density at radius 2 is 2.15 bits per heavy atom. The van der Waals surface area contributed by atoms with Crippen LogP contribution in [0.3, 0.4) is 0 Å². The summed E-state index contributed by atoms with van der Waals surface area (Å²) in [6.45, 7) is 0.435. The highest BCUT2D eigenvalue weighted by atomic mass is 16.5. The molecule has 0 bridgehead atoms. The molecular formula is C14H15N3O3. The van der Waals surface area contributed by atoms with Gasteiger partial charge >= 0.3 is 5.97 Å². The summed E-state index contributed by atoms with van der Waals surface area (Å²) in [6.07, 6.45) is 1.41. The van der Waals surface area contributed by atoms with Crippen molar-refractivity contribution < 1.29 is 14.6 Å². The molecule has 104 valence electrons. The summed E-state index contributed by atoms with van der Waals surface area (Å²) in [6, 6.07) is 8.89. The van der Waals surface area contributed by atoms with Gasteiger partial charge < -0.3 is 20.9 Å². The van der Waals surface area contributed by atoms with Gasteiger partial charge in [-0.2, -0.15) is 0 Å². The van der Waals surface area contributed by atoms with Crippen LogP contribution in [0.1, 0.15) is 15.9 Å². The minimum Gasteiger partial charge on any atom is -0.496 e. The van der Waals surface area contributed by atoms with E-state index in [2.05, 4.69) is 10.3 Å². The molecule has 0 aliphatic rings. The second-order valence-electron chi connectivity index (χ2n) is 4.09. The predicted molar refractivity (Wildman–Crippen MR) is 75.9 cm³/mol. The number of pyridine rings is 1. The third-order valence-corrected chi connectivity index (χ3v) is 2.86. The predicted octanol–water partition coefficient (Wildman–Crippen LogP) is 1.98. The van der Waals surface area contributed by atoms with Crippen molar-refractivity contribution in [2.45, 2.75) is 6.54 Å². The van der Waals surface area contributed by atoms with Gasteiger partial charge in [0.15, 0.2) is 0 Å². The van der Waals surface area contributed by atoms with Crippen LogP contribution < -0.4 is 15.8 Å². The van der Waals surface area contributed by atoms with E-state index in [0.29, 0.717) is 12.4 Å². The minimum absolute atomic E-state index is 0.0301. The second-order valence-corrected chi connectivity index (χ2v) is 4.09. The van der Waals surface area contributed by atoms with E-state index in [-0.39, 0.29) is 11.3 Å². The van der Waals surface area contributed by atoms with Gasteiger partial charge in [0, 0.05) is 18.3 Å². The Labute approximate surface area is 116 Å². The lowest BCUT2D eigenvalue weighted by molar-refractivity contribution is 0.0698. The first-order valence-corrected chi connectivity index (χ1v) is 5.97. The molecular weight excluding hydrogens is 258 g/mol. The number of hydrogen-bond donors (Lipinski definition) is 3. The topological polar surface area (TPSA) is 97.5 Å². The zero-order chi connectivity index (χ0) is 14.5. The highest BCUT2D eigenvalue weighted by Gasteiger charge is 2.12. The van der Waals surface area contributed by atoms with Crippen molar-refractivity contribution >= 4 is 17.5 Å². The summed E-state index contributed by atoms with van der Waals surface area (Å²) in [5.74, 6) is 0.00834. The zero-order valence-electron chi connectivity index (χ0n) is 11.0. The normalized spacial score (nSPS) is 10.1. The van der Waals surface area contributed by atoms with Crippen molar-refractivity contribution in [1.29, 1.82) is 0 Å². The van der Waals surface area contributed by atoms with E-state index in [1.807, 2.05) is 24.3 Å². The van der Waals surface area contributed by atoms with Crippen LogP contribution in [-0.4, -0.2) is 23.2 Å². The molecule has 20 heavy (non-hydrogen) atoms. The Balaban J connectivity index is 2.19. The highest BCUT2D eigenvalue weighted by Crippen LogP contribution is 2.23. The number of hydrogen-bond acceptors (Lipinski definition) is 5. The number of methoxy groups -OCH3 is 1. The van der Waals surface area contributed by atoms with Gasteiger partial charge in [-0.15, -0.1) is 0 Å². The first kappa shape index (κ1) is 13.7. The fourth-order valence-electron chi connectivity index (χ4n) is 1.83. The molecule has 1 aromatic heterocycles. The number of para-hydroxylation sites is 1. The molecule has 6 nitrogen and oxygen atoms in total. The first-order valence-electron chi connectivity index (χ1n) is 5.97. The number of nitrogens with zero attached hydrogens (tertiary/aromatic N) is 1. The van der Waals surface area contributed by atoms with Crippen molar-refractivity contribution in [1.82, 2.24) is 4.98 Å². The number of benzene rings is 1. The number of nitrogen functional groups attached to an aromatic ring is 1. The Kier molecular flexibility index (Phi) is 4.05. The number of carboxylic acid groups (broad SMARTS) is 1. The SMILES string of the molecule is COc1ccccc1CNc1nccc(C(=O)O)c1N. The van der Waals surface area contributed by atoms with Crippen LogP contribution in [0, 0.1) is 0 Å². The summed E-state index contributed by atoms with van der Waals surface area (Å²) >= 11 is 0. The number of nitrogens with two attached hydrogens (primary N) is 1. The summed E-state index contributed by atoms with van der Waals surface area (Å²) in [5, 5.41) is 12.0. The largest absolute Gasteiger partial charge is 0.496 e. The van der Waals surface area contributed by atoms with E-state index in [1.165, 1.54) is 12.3 Å². The van der Waals surface area contributed by atoms with Gasteiger partial charge in [0.2, 0.25) is 0 Å². The average Bonchev–Trinajstić information content (AvgIpc) is 2.46. The molecule has 1 aromatic carbocycles. The Morgan fingerprint density at radius 3 is 2.85 bits per heavy atom. The molecule has 0 radical (unpaired) electrons. The van der Waals surface area contributed by atoms with Crippen LogP contribution in [0.4, 0.5) is 11.5 Å². The number of ether oxygens (including phenoxy) is 1. The van der Waals surface area contributed by atoms with Crippen molar-refractivity contribution in [3.8, 4) is 5.75 Å². The van der Waals surface area contributed by atoms with Crippen molar-refractivity contribution in [3.05, 3.63) is 47.7 Å². The minimum atomic E-state index is -1.08. The molecule has 0 aliphatic carbocycles. The van der Waals surface area contributed by atoms with Crippen molar-refractivity contribution in [2.24, 2.45) is 0 Å². The van der Waals surface area contributed by atoms with Crippen molar-refractivity contribution in [2.75, 3.05) is 18.2 Å². The van der Waals surface area contributed by atoms with Crippen LogP contribution in [-0.2, 0) is 6.54 Å². The molecule has 0 aliphatic heterocycles. The summed E-state index contributed by atoms with van der Waals surface area (Å²) in [7, 11) is 1.59. The number of carboxylic acids is 1. The van der Waals surface area contributed by atoms with Crippen LogP contribution >= 0.6 is 0 Å². The molecule has 0 saturated carbocycles. The van der Waals surface area contributed by atoms with E-state index < -0.39 is 5.97 Å². The van der Waals surface area contributed by atoms with Gasteiger partial charge in [-0.05, 0) is 12.1 Å². The summed E-state index contributed by atoms with van der Waals surface area (Å²) < 4.78 is 5.24. The van der Waals surface area contributed by atoms with Gasteiger partial charge in [0.05, 0.1) is 18.4 Å². The zero-order valence-corrected chi connectivity index (χ0v) is 11.0. The van der Waals surface area contributed by atoms with Gasteiger partial charge in [-0.1, -0.05) is 18.2 Å². The van der Waals surface area contributed by atoms with Gasteiger partial charge in [-0.25, -0.2) is 9.78 Å². The molecule has 0 spiro atoms. The number of carbonyl (C=O) groups is 1. The molecule has 0 fully saturated rings. The number of anilines is 2. The first-order chi connectivity index (χ1) is 9.63. The number of rotatable bonds is 5. The lowest BCUT2D eigenvalue weighted by Crippen LogP contribution is -2.09. The van der Waals surface area contributed by atoms with E-state index in [0.717, 1.165) is 11.3 Å². The molecule has 6 heteroatoms. The Morgan fingerprint density at radius 1 is 1.40 bits per heavy atom. The maximum Gasteiger partial charge on any atom is 0.337 e. The van der Waals surface area contributed by atoms with Crippen LogP contribution in [0.5, 0.6) is 5.75 Å². The maximum absolute atomic E-state index is 11.0. The number of nitrogens with one attached hydrogen (secondary N) is 1. The summed E-state index contributed by atoms with van der Waals surface area (Å²) in [4.78, 5) is 15.0. The average molecular weight is 273 g/mol. The monoisotopic (exact) mass is 273 g/mol. The molecule has 0 atom stereocenters. The lowest BCUT2D eigenvalue weighted by atomic mass is 10.2. The van der Waals surface area contributed by atoms with Crippen LogP contribution in [0.25, 0.3) is 0 Å². The van der Waals surface area contributed by atoms with Gasteiger partial charge in [-0.3, -0.25) is 0 Å². The fraction of sp³-hybridized carbons (Fsp3) is 0.143. The molecule has 0 amide bonds. The standard InChI is InChI=1S/C14H15N3O3/c1-20-11-5-3-2-4-9(11)8-17-13-12(15)10(14(18)19)6-7-16-13/h2-7H,8,15H2,1H3,(H,16,17)(H,18,19). The van der Waals surface area contributed by atoms with E-state index in [4.69, 9.17) is 15.6 Å². The third kappa shape index (κ3) is 2.80. The number of aromatic carboxylic acids is 1. The molecule has 1 heterocycles. The molecule has 2 aromatic rings. The van der Waals surface area contributed by atoms with E-state index in [9.17, 15) is 4.79 Å². The Bertz CT molecular complexity index is 629. The quantitative estimate of drug-likeness (QED) is 0.770. The lowest BCUT2D eigenvalue weighted by Gasteiger charge is -2.12. The second kappa shape index (κ2) is 5.92. The van der Waals surface area contributed by atoms with Crippen LogP contribution in [0.2, 0.25) is 0 Å². The van der Waals surface area contributed by atoms with Crippen LogP contribution in [0.15, 0.2) is 36.5 Å². The Hall–Kier alpha value is -2.76. The fourth-order valence-corrected chi connectivity index (χ4v) is 1.83. The molecule has 0 saturated heterocycles. The molecule has 0 unspecified atom stereocenters. The maximum atomic E-state index is 11.0. The number of aromatic nitrogens is 1. The highest BCUT2D eigenvalue weighted by molar-refractivity contribution is 5.96. The third-order valence-electron chi connectivity index (χ3n) is 2.86. The van der Waals surface area contributed by atoms with E-state index in [1.54, 1.807) is 7.11 Å². The molecule has 4 N–H and O–H groups in total. The summed E-state index contributed by atoms with van der Waals surface area (Å²) in [5.41, 5.74) is 6.86. The van der Waals surface area contributed by atoms with E-state index >= 15 is 0 Å².